The van der Waals surface area contributed by atoms with E-state index in [2.05, 4.69) is 15.3 Å². The molecule has 0 fully saturated rings. The third kappa shape index (κ3) is 6.13. The summed E-state index contributed by atoms with van der Waals surface area (Å²) in [5.74, 6) is -0.515. The van der Waals surface area contributed by atoms with Crippen LogP contribution in [-0.4, -0.2) is 21.8 Å². The Morgan fingerprint density at radius 2 is 1.80 bits per heavy atom. The summed E-state index contributed by atoms with van der Waals surface area (Å²) in [5, 5.41) is 3.81. The Morgan fingerprint density at radius 3 is 2.57 bits per heavy atom. The third-order valence-corrected chi connectivity index (χ3v) is 5.89. The molecule has 4 aromatic rings. The summed E-state index contributed by atoms with van der Waals surface area (Å²) in [4.78, 5) is 45.1. The van der Waals surface area contributed by atoms with Gasteiger partial charge < -0.3 is 15.0 Å². The highest BCUT2D eigenvalue weighted by Gasteiger charge is 2.25. The van der Waals surface area contributed by atoms with Gasteiger partial charge in [-0.15, -0.1) is 0 Å². The van der Waals surface area contributed by atoms with Gasteiger partial charge in [-0.05, 0) is 43.2 Å². The fourth-order valence-electron chi connectivity index (χ4n) is 3.62. The maximum absolute atomic E-state index is 13.0. The monoisotopic (exact) mass is 489 g/mol. The van der Waals surface area contributed by atoms with Crippen molar-refractivity contribution in [3.8, 4) is 0 Å². The maximum atomic E-state index is 13.0. The van der Waals surface area contributed by atoms with Crippen LogP contribution in [0.4, 0.5) is 5.69 Å². The van der Waals surface area contributed by atoms with Gasteiger partial charge in [0.1, 0.15) is 5.82 Å². The molecule has 1 amide bonds. The molecule has 1 heterocycles. The van der Waals surface area contributed by atoms with Crippen LogP contribution in [0.5, 0.6) is 0 Å². The number of esters is 1. The molecular formula is C27H24ClN3O4. The van der Waals surface area contributed by atoms with Crippen LogP contribution in [0.2, 0.25) is 5.02 Å². The van der Waals surface area contributed by atoms with Crippen molar-refractivity contribution in [3.63, 3.8) is 0 Å². The molecule has 7 nitrogen and oxygen atoms in total. The van der Waals surface area contributed by atoms with Gasteiger partial charge in [-0.1, -0.05) is 60.1 Å². The predicted octanol–water partition coefficient (Wildman–Crippen LogP) is 5.13. The Morgan fingerprint density at radius 1 is 1.06 bits per heavy atom. The number of H-pyrrole nitrogens is 1. The summed E-state index contributed by atoms with van der Waals surface area (Å²) in [6.45, 7) is 1.87. The lowest BCUT2D eigenvalue weighted by atomic mass is 10.1. The minimum absolute atomic E-state index is 0.0590. The smallest absolute Gasteiger partial charge is 0.306 e. The SMILES string of the molecule is Cc1ccc(NC(=O)C(OC(=O)CCCc2nc3ccccc3c(=O)[nH]2)c2ccccc2)cc1Cl. The highest BCUT2D eigenvalue weighted by Crippen LogP contribution is 2.24. The first-order valence-corrected chi connectivity index (χ1v) is 11.6. The number of benzene rings is 3. The summed E-state index contributed by atoms with van der Waals surface area (Å²) in [7, 11) is 0. The van der Waals surface area contributed by atoms with E-state index in [0.29, 0.717) is 45.8 Å². The number of amides is 1. The summed E-state index contributed by atoms with van der Waals surface area (Å²) in [6.07, 6.45) is -0.276. The molecule has 0 aliphatic carbocycles. The van der Waals surface area contributed by atoms with E-state index in [-0.39, 0.29) is 12.0 Å². The Bertz CT molecular complexity index is 1420. The number of hydrogen-bond donors (Lipinski definition) is 2. The van der Waals surface area contributed by atoms with Crippen LogP contribution >= 0.6 is 11.6 Å². The zero-order valence-corrected chi connectivity index (χ0v) is 19.8. The zero-order valence-electron chi connectivity index (χ0n) is 19.1. The van der Waals surface area contributed by atoms with Crippen LogP contribution in [0.25, 0.3) is 10.9 Å². The molecule has 2 N–H and O–H groups in total. The second kappa shape index (κ2) is 11.0. The minimum atomic E-state index is -1.12. The number of para-hydroxylation sites is 1. The predicted molar refractivity (Wildman–Crippen MR) is 135 cm³/mol. The molecule has 0 spiro atoms. The molecule has 35 heavy (non-hydrogen) atoms. The number of carbonyl (C=O) groups is 2. The van der Waals surface area contributed by atoms with Crippen molar-refractivity contribution in [2.75, 3.05) is 5.32 Å². The molecular weight excluding hydrogens is 466 g/mol. The topological polar surface area (TPSA) is 101 Å². The second-order valence-electron chi connectivity index (χ2n) is 8.12. The summed E-state index contributed by atoms with van der Waals surface area (Å²) in [5.41, 5.74) is 2.33. The second-order valence-corrected chi connectivity index (χ2v) is 8.52. The largest absolute Gasteiger partial charge is 0.447 e. The average Bonchev–Trinajstić information content (AvgIpc) is 2.85. The fourth-order valence-corrected chi connectivity index (χ4v) is 3.80. The fraction of sp³-hybridized carbons (Fsp3) is 0.185. The Kier molecular flexibility index (Phi) is 7.57. The van der Waals surface area contributed by atoms with Crippen LogP contribution < -0.4 is 10.9 Å². The quantitative estimate of drug-likeness (QED) is 0.334. The van der Waals surface area contributed by atoms with Gasteiger partial charge in [0.15, 0.2) is 0 Å². The minimum Gasteiger partial charge on any atom is -0.447 e. The van der Waals surface area contributed by atoms with Crippen LogP contribution in [0.3, 0.4) is 0 Å². The van der Waals surface area contributed by atoms with E-state index < -0.39 is 18.0 Å². The first-order valence-electron chi connectivity index (χ1n) is 11.2. The highest BCUT2D eigenvalue weighted by molar-refractivity contribution is 6.31. The number of hydrogen-bond acceptors (Lipinski definition) is 5. The Labute approximate surface area is 207 Å². The molecule has 3 aromatic carbocycles. The average molecular weight is 490 g/mol. The van der Waals surface area contributed by atoms with Crippen molar-refractivity contribution in [2.24, 2.45) is 0 Å². The molecule has 1 atom stereocenters. The molecule has 1 aromatic heterocycles. The molecule has 0 saturated carbocycles. The number of carbonyl (C=O) groups excluding carboxylic acids is 2. The molecule has 0 radical (unpaired) electrons. The van der Waals surface area contributed by atoms with Crippen LogP contribution in [0.15, 0.2) is 77.6 Å². The van der Waals surface area contributed by atoms with E-state index in [4.69, 9.17) is 16.3 Å². The van der Waals surface area contributed by atoms with E-state index in [9.17, 15) is 14.4 Å². The molecule has 1 unspecified atom stereocenters. The van der Waals surface area contributed by atoms with Crippen molar-refractivity contribution in [2.45, 2.75) is 32.3 Å². The van der Waals surface area contributed by atoms with Gasteiger partial charge >= 0.3 is 5.97 Å². The van der Waals surface area contributed by atoms with Gasteiger partial charge in [0.05, 0.1) is 10.9 Å². The standard InChI is InChI=1S/C27H24ClN3O4/c1-17-14-15-19(16-21(17)28)29-27(34)25(18-8-3-2-4-9-18)35-24(32)13-7-12-23-30-22-11-6-5-10-20(22)26(33)31-23/h2-6,8-11,14-16,25H,7,12-13H2,1H3,(H,29,34)(H,30,31,33). The number of rotatable bonds is 8. The lowest BCUT2D eigenvalue weighted by Crippen LogP contribution is -2.26. The zero-order chi connectivity index (χ0) is 24.8. The van der Waals surface area contributed by atoms with Crippen molar-refractivity contribution in [1.29, 1.82) is 0 Å². The van der Waals surface area contributed by atoms with Crippen LogP contribution in [0, 0.1) is 6.92 Å². The summed E-state index contributed by atoms with van der Waals surface area (Å²) >= 11 is 6.16. The molecule has 4 rings (SSSR count). The molecule has 178 valence electrons. The van der Waals surface area contributed by atoms with Gasteiger partial charge in [-0.2, -0.15) is 0 Å². The molecule has 8 heteroatoms. The van der Waals surface area contributed by atoms with Crippen molar-refractivity contribution in [1.82, 2.24) is 9.97 Å². The van der Waals surface area contributed by atoms with Gasteiger partial charge in [-0.3, -0.25) is 14.4 Å². The van der Waals surface area contributed by atoms with E-state index in [0.717, 1.165) is 5.56 Å². The normalized spacial score (nSPS) is 11.7. The number of halogens is 1. The lowest BCUT2D eigenvalue weighted by molar-refractivity contribution is -0.154. The third-order valence-electron chi connectivity index (χ3n) is 5.49. The van der Waals surface area contributed by atoms with Gasteiger partial charge in [0.2, 0.25) is 6.10 Å². The number of anilines is 1. The molecule has 0 aliphatic rings. The van der Waals surface area contributed by atoms with E-state index in [1.807, 2.05) is 19.1 Å². The van der Waals surface area contributed by atoms with Gasteiger partial charge in [-0.25, -0.2) is 4.98 Å². The summed E-state index contributed by atoms with van der Waals surface area (Å²) in [6, 6.07) is 21.1. The first kappa shape index (κ1) is 24.2. The Balaban J connectivity index is 1.41. The Hall–Kier alpha value is -3.97. The maximum Gasteiger partial charge on any atom is 0.306 e. The number of ether oxygens (including phenoxy) is 1. The van der Waals surface area contributed by atoms with E-state index in [1.165, 1.54) is 0 Å². The van der Waals surface area contributed by atoms with Crippen LogP contribution in [0.1, 0.15) is 35.9 Å². The van der Waals surface area contributed by atoms with Crippen molar-refractivity contribution < 1.29 is 14.3 Å². The number of nitrogens with one attached hydrogen (secondary N) is 2. The van der Waals surface area contributed by atoms with Crippen molar-refractivity contribution in [3.05, 3.63) is 105 Å². The molecule has 0 aliphatic heterocycles. The van der Waals surface area contributed by atoms with E-state index >= 15 is 0 Å². The summed E-state index contributed by atoms with van der Waals surface area (Å²) < 4.78 is 5.58. The van der Waals surface area contributed by atoms with Gasteiger partial charge in [0.25, 0.3) is 11.5 Å². The number of aryl methyl sites for hydroxylation is 2. The molecule has 0 bridgehead atoms. The first-order chi connectivity index (χ1) is 16.9. The lowest BCUT2D eigenvalue weighted by Gasteiger charge is -2.18. The number of fused-ring (bicyclic) bond motifs is 1. The highest BCUT2D eigenvalue weighted by atomic mass is 35.5. The van der Waals surface area contributed by atoms with Crippen molar-refractivity contribution >= 4 is 40.1 Å². The van der Waals surface area contributed by atoms with E-state index in [1.54, 1.807) is 60.7 Å². The molecule has 0 saturated heterocycles. The number of aromatic nitrogens is 2. The number of nitrogens with zero attached hydrogens (tertiary/aromatic N) is 1. The van der Waals surface area contributed by atoms with Crippen LogP contribution in [-0.2, 0) is 20.7 Å². The van der Waals surface area contributed by atoms with Gasteiger partial charge in [0, 0.05) is 29.1 Å². The number of aromatic amines is 1.